The van der Waals surface area contributed by atoms with Gasteiger partial charge < -0.3 is 29.7 Å². The Labute approximate surface area is 252 Å². The monoisotopic (exact) mass is 651 g/mol. The van der Waals surface area contributed by atoms with E-state index in [4.69, 9.17) is 21.1 Å². The maximum Gasteiger partial charge on any atom is 0.312 e. The van der Waals surface area contributed by atoms with Crippen LogP contribution in [0.2, 0.25) is 5.02 Å². The maximum absolute atomic E-state index is 14.3. The number of likely N-dealkylation sites (tertiary alicyclic amines) is 1. The van der Waals surface area contributed by atoms with E-state index in [0.29, 0.717) is 23.6 Å². The molecule has 3 heterocycles. The lowest BCUT2D eigenvalue weighted by Gasteiger charge is -2.37. The van der Waals surface area contributed by atoms with E-state index in [0.717, 1.165) is 0 Å². The number of aliphatic hydroxyl groups is 1. The Morgan fingerprint density at radius 1 is 1.34 bits per heavy atom. The van der Waals surface area contributed by atoms with Gasteiger partial charge in [-0.2, -0.15) is 0 Å². The number of halogens is 2. The highest BCUT2D eigenvalue weighted by Gasteiger charge is 2.77. The van der Waals surface area contributed by atoms with E-state index in [2.05, 4.69) is 34.4 Å². The van der Waals surface area contributed by atoms with Crippen molar-refractivity contribution in [3.05, 3.63) is 54.6 Å². The first-order chi connectivity index (χ1) is 19.6. The minimum absolute atomic E-state index is 0.105. The second-order valence-electron chi connectivity index (χ2n) is 10.5. The average molecular weight is 653 g/mol. The lowest BCUT2D eigenvalue weighted by atomic mass is 9.70. The number of benzene rings is 1. The van der Waals surface area contributed by atoms with E-state index in [9.17, 15) is 24.3 Å². The molecule has 1 aromatic rings. The largest absolute Gasteiger partial charge is 0.460 e. The van der Waals surface area contributed by atoms with Crippen molar-refractivity contribution < 1.29 is 33.8 Å². The van der Waals surface area contributed by atoms with Gasteiger partial charge in [0.05, 0.1) is 41.8 Å². The summed E-state index contributed by atoms with van der Waals surface area (Å²) in [6.07, 6.45) is 2.95. The first-order valence-electron chi connectivity index (χ1n) is 13.6. The van der Waals surface area contributed by atoms with Crippen LogP contribution in [-0.2, 0) is 28.7 Å². The molecule has 41 heavy (non-hydrogen) atoms. The number of ether oxygens (including phenoxy) is 2. The fourth-order valence-electron chi connectivity index (χ4n) is 6.18. The number of para-hydroxylation sites is 1. The molecule has 4 rings (SSSR count). The molecule has 3 amide bonds. The first kappa shape index (κ1) is 31.2. The summed E-state index contributed by atoms with van der Waals surface area (Å²) in [4.78, 5) is 56.2. The molecule has 3 aliphatic rings. The Kier molecular flexibility index (Phi) is 9.94. The Morgan fingerprint density at radius 3 is 2.73 bits per heavy atom. The number of hydrogen-bond acceptors (Lipinski definition) is 7. The minimum atomic E-state index is -1.32. The zero-order valence-electron chi connectivity index (χ0n) is 22.8. The summed E-state index contributed by atoms with van der Waals surface area (Å²) in [5.41, 5.74) is -0.882. The number of amides is 3. The number of fused-ring (bicyclic) bond motifs is 1. The topological polar surface area (TPSA) is 125 Å². The standard InChI is InChI=1S/C29H35BrClN3O7/c1-4-6-11-21(36)32-16-17(3)40-28(39)22-23-26(37)34(13-14-35)25(29(23)15-18(30)24(22)41-29)27(38)33(12-5-2)20-10-8-7-9-19(20)31/h4-5,7-10,17-18,22-25,35H,1-2,6,11-16H2,3H3,(H,32,36)/t17-,18?,22-,23+,24-,25-,29+/m1/s1. The van der Waals surface area contributed by atoms with Crippen molar-refractivity contribution in [3.8, 4) is 0 Å². The van der Waals surface area contributed by atoms with Crippen molar-refractivity contribution in [1.82, 2.24) is 10.2 Å². The second-order valence-corrected chi connectivity index (χ2v) is 12.1. The smallest absolute Gasteiger partial charge is 0.312 e. The van der Waals surface area contributed by atoms with E-state index in [1.807, 2.05) is 0 Å². The number of alkyl halides is 1. The molecule has 12 heteroatoms. The van der Waals surface area contributed by atoms with Gasteiger partial charge >= 0.3 is 5.97 Å². The van der Waals surface area contributed by atoms with Crippen LogP contribution in [-0.4, -0.2) is 88.6 Å². The number of esters is 1. The number of β-amino-alcohol motifs (C(OH)–C–C–N with tert-alkyl or cyclic N) is 1. The summed E-state index contributed by atoms with van der Waals surface area (Å²) < 4.78 is 12.1. The minimum Gasteiger partial charge on any atom is -0.460 e. The van der Waals surface area contributed by atoms with Crippen LogP contribution >= 0.6 is 27.5 Å². The van der Waals surface area contributed by atoms with Crippen LogP contribution in [0.4, 0.5) is 5.69 Å². The molecule has 1 unspecified atom stereocenters. The second kappa shape index (κ2) is 13.1. The molecule has 0 aliphatic carbocycles. The van der Waals surface area contributed by atoms with Crippen molar-refractivity contribution in [2.45, 2.75) is 54.9 Å². The van der Waals surface area contributed by atoms with Crippen molar-refractivity contribution in [3.63, 3.8) is 0 Å². The number of rotatable bonds is 13. The number of aliphatic hydroxyl groups excluding tert-OH is 1. The summed E-state index contributed by atoms with van der Waals surface area (Å²) >= 11 is 10.1. The molecule has 3 saturated heterocycles. The highest BCUT2D eigenvalue weighted by Crippen LogP contribution is 2.60. The zero-order valence-corrected chi connectivity index (χ0v) is 25.2. The van der Waals surface area contributed by atoms with Crippen LogP contribution < -0.4 is 10.2 Å². The lowest BCUT2D eigenvalue weighted by molar-refractivity contribution is -0.159. The number of anilines is 1. The molecule has 0 saturated carbocycles. The third-order valence-corrected chi connectivity index (χ3v) is 9.00. The SMILES string of the molecule is C=CCCC(=O)NC[C@@H](C)OC(=O)[C@H]1[C@@H]2O[C@@]3(CC2Br)[C@@H]1C(=O)N(CCO)[C@@H]3C(=O)N(CC=C)c1ccccc1Cl. The van der Waals surface area contributed by atoms with Crippen LogP contribution in [0.3, 0.4) is 0 Å². The van der Waals surface area contributed by atoms with Gasteiger partial charge in [0, 0.05) is 24.3 Å². The van der Waals surface area contributed by atoms with E-state index in [1.165, 1.54) is 9.80 Å². The highest BCUT2D eigenvalue weighted by molar-refractivity contribution is 9.09. The molecule has 2 N–H and O–H groups in total. The van der Waals surface area contributed by atoms with Gasteiger partial charge in [-0.3, -0.25) is 19.2 Å². The molecule has 222 valence electrons. The number of carbonyl (C=O) groups is 4. The van der Waals surface area contributed by atoms with E-state index < -0.39 is 53.5 Å². The normalized spacial score (nSPS) is 28.6. The van der Waals surface area contributed by atoms with Gasteiger partial charge in [-0.05, 0) is 31.9 Å². The van der Waals surface area contributed by atoms with Crippen LogP contribution in [0, 0.1) is 11.8 Å². The molecule has 0 aromatic heterocycles. The number of hydrogen-bond donors (Lipinski definition) is 2. The Hall–Kier alpha value is -2.73. The summed E-state index contributed by atoms with van der Waals surface area (Å²) in [6.45, 7) is 8.74. The van der Waals surface area contributed by atoms with Crippen LogP contribution in [0.5, 0.6) is 0 Å². The average Bonchev–Trinajstić information content (AvgIpc) is 3.53. The molecular formula is C29H35BrClN3O7. The van der Waals surface area contributed by atoms with E-state index in [-0.39, 0.29) is 43.4 Å². The molecule has 10 nitrogen and oxygen atoms in total. The van der Waals surface area contributed by atoms with Crippen LogP contribution in [0.25, 0.3) is 0 Å². The van der Waals surface area contributed by atoms with Gasteiger partial charge in [0.15, 0.2) is 0 Å². The van der Waals surface area contributed by atoms with Crippen molar-refractivity contribution in [1.29, 1.82) is 0 Å². The van der Waals surface area contributed by atoms with Crippen LogP contribution in [0.15, 0.2) is 49.6 Å². The third-order valence-electron chi connectivity index (χ3n) is 7.84. The van der Waals surface area contributed by atoms with Crippen LogP contribution in [0.1, 0.15) is 26.2 Å². The highest BCUT2D eigenvalue weighted by atomic mass is 79.9. The fraction of sp³-hybridized carbons (Fsp3) is 0.517. The molecule has 3 fully saturated rings. The van der Waals surface area contributed by atoms with Crippen molar-refractivity contribution in [2.75, 3.05) is 31.1 Å². The van der Waals surface area contributed by atoms with Gasteiger partial charge in [-0.1, -0.05) is 51.8 Å². The Morgan fingerprint density at radius 2 is 2.07 bits per heavy atom. The maximum atomic E-state index is 14.3. The van der Waals surface area contributed by atoms with Crippen molar-refractivity contribution in [2.24, 2.45) is 11.8 Å². The summed E-state index contributed by atoms with van der Waals surface area (Å²) in [7, 11) is 0. The van der Waals surface area contributed by atoms with Crippen molar-refractivity contribution >= 4 is 56.9 Å². The molecular weight excluding hydrogens is 618 g/mol. The Bertz CT molecular complexity index is 1210. The molecule has 0 radical (unpaired) electrons. The fourth-order valence-corrected chi connectivity index (χ4v) is 7.36. The third kappa shape index (κ3) is 5.82. The van der Waals surface area contributed by atoms with Gasteiger partial charge in [-0.15, -0.1) is 13.2 Å². The summed E-state index contributed by atoms with van der Waals surface area (Å²) in [5, 5.41) is 12.9. The molecule has 7 atom stereocenters. The zero-order chi connectivity index (χ0) is 29.9. The lowest BCUT2D eigenvalue weighted by Crippen LogP contribution is -2.57. The van der Waals surface area contributed by atoms with Gasteiger partial charge in [0.25, 0.3) is 5.91 Å². The molecule has 3 aliphatic heterocycles. The van der Waals surface area contributed by atoms with Gasteiger partial charge in [0.2, 0.25) is 11.8 Å². The first-order valence-corrected chi connectivity index (χ1v) is 14.9. The van der Waals surface area contributed by atoms with E-state index in [1.54, 1.807) is 43.3 Å². The van der Waals surface area contributed by atoms with Gasteiger partial charge in [-0.25, -0.2) is 0 Å². The predicted octanol–water partition coefficient (Wildman–Crippen LogP) is 2.61. The molecule has 1 spiro atoms. The molecule has 1 aromatic carbocycles. The number of nitrogens with zero attached hydrogens (tertiary/aromatic N) is 2. The number of nitrogens with one attached hydrogen (secondary N) is 1. The summed E-state index contributed by atoms with van der Waals surface area (Å²) in [5.74, 6) is -3.70. The van der Waals surface area contributed by atoms with E-state index >= 15 is 0 Å². The number of carbonyl (C=O) groups excluding carboxylic acids is 4. The Balaban J connectivity index is 1.62. The predicted molar refractivity (Wildman–Crippen MR) is 156 cm³/mol. The van der Waals surface area contributed by atoms with Gasteiger partial charge in [0.1, 0.15) is 17.7 Å². The quantitative estimate of drug-likeness (QED) is 0.191. The summed E-state index contributed by atoms with van der Waals surface area (Å²) in [6, 6.07) is 5.73. The molecule has 2 bridgehead atoms. The number of allylic oxidation sites excluding steroid dienone is 1.